The number of aliphatic hydroxyl groups is 1. The molecule has 23 heavy (non-hydrogen) atoms. The van der Waals surface area contributed by atoms with Gasteiger partial charge in [-0.3, -0.25) is 4.79 Å². The monoisotopic (exact) mass is 335 g/mol. The predicted molar refractivity (Wildman–Crippen MR) is 87.0 cm³/mol. The fourth-order valence-corrected chi connectivity index (χ4v) is 3.45. The van der Waals surface area contributed by atoms with Gasteiger partial charge in [-0.1, -0.05) is 19.3 Å². The highest BCUT2D eigenvalue weighted by molar-refractivity contribution is 7.08. The van der Waals surface area contributed by atoms with Crippen LogP contribution in [0.2, 0.25) is 0 Å². The Bertz CT molecular complexity index is 633. The third-order valence-electron chi connectivity index (χ3n) is 4.20. The zero-order valence-corrected chi connectivity index (χ0v) is 13.8. The van der Waals surface area contributed by atoms with Crippen LogP contribution in [0.1, 0.15) is 44.4 Å². The van der Waals surface area contributed by atoms with Crippen molar-refractivity contribution in [1.29, 1.82) is 0 Å². The molecule has 0 unspecified atom stereocenters. The Morgan fingerprint density at radius 1 is 1.35 bits per heavy atom. The van der Waals surface area contributed by atoms with E-state index < -0.39 is 5.60 Å². The molecule has 2 aromatic rings. The molecule has 2 N–H and O–H groups in total. The number of hydrogen-bond acceptors (Lipinski definition) is 6. The van der Waals surface area contributed by atoms with Crippen molar-refractivity contribution in [3.8, 4) is 11.5 Å². The molecule has 1 saturated carbocycles. The molecule has 0 atom stereocenters. The zero-order valence-electron chi connectivity index (χ0n) is 13.0. The van der Waals surface area contributed by atoms with Crippen molar-refractivity contribution in [2.75, 3.05) is 6.54 Å². The van der Waals surface area contributed by atoms with Gasteiger partial charge in [-0.25, -0.2) is 0 Å². The second kappa shape index (κ2) is 7.23. The van der Waals surface area contributed by atoms with Crippen LogP contribution in [0, 0.1) is 0 Å². The fraction of sp³-hybridized carbons (Fsp3) is 0.562. The maximum Gasteiger partial charge on any atom is 0.248 e. The van der Waals surface area contributed by atoms with Crippen molar-refractivity contribution in [2.24, 2.45) is 0 Å². The SMILES string of the molecule is O=C(CCc1nnc(-c2ccsc2)o1)NCC1(O)CCCCC1. The summed E-state index contributed by atoms with van der Waals surface area (Å²) in [6.45, 7) is 0.329. The highest BCUT2D eigenvalue weighted by Gasteiger charge is 2.29. The van der Waals surface area contributed by atoms with Crippen molar-refractivity contribution in [3.63, 3.8) is 0 Å². The first-order valence-corrected chi connectivity index (χ1v) is 8.93. The molecular formula is C16H21N3O3S. The average Bonchev–Trinajstić information content (AvgIpc) is 3.23. The number of nitrogens with one attached hydrogen (secondary N) is 1. The van der Waals surface area contributed by atoms with Gasteiger partial charge in [0.1, 0.15) is 0 Å². The van der Waals surface area contributed by atoms with Crippen LogP contribution in [0.15, 0.2) is 21.2 Å². The lowest BCUT2D eigenvalue weighted by Gasteiger charge is -2.32. The van der Waals surface area contributed by atoms with Gasteiger partial charge in [-0.2, -0.15) is 11.3 Å². The van der Waals surface area contributed by atoms with Crippen molar-refractivity contribution in [2.45, 2.75) is 50.5 Å². The normalized spacial score (nSPS) is 17.1. The molecule has 1 aliphatic carbocycles. The lowest BCUT2D eigenvalue weighted by molar-refractivity contribution is -0.122. The van der Waals surface area contributed by atoms with E-state index in [1.165, 1.54) is 6.42 Å². The number of rotatable bonds is 6. The number of aryl methyl sites for hydroxylation is 1. The lowest BCUT2D eigenvalue weighted by atomic mass is 9.85. The second-order valence-corrected chi connectivity index (χ2v) is 6.85. The number of carbonyl (C=O) groups excluding carboxylic acids is 1. The number of thiophene rings is 1. The molecule has 1 fully saturated rings. The molecule has 0 spiro atoms. The number of amides is 1. The summed E-state index contributed by atoms with van der Waals surface area (Å²) in [7, 11) is 0. The van der Waals surface area contributed by atoms with Crippen LogP contribution in [0.25, 0.3) is 11.5 Å². The van der Waals surface area contributed by atoms with Gasteiger partial charge in [0.15, 0.2) is 0 Å². The van der Waals surface area contributed by atoms with Gasteiger partial charge in [0.25, 0.3) is 0 Å². The molecule has 124 valence electrons. The molecule has 2 heterocycles. The van der Waals surface area contributed by atoms with Crippen LogP contribution in [0.3, 0.4) is 0 Å². The second-order valence-electron chi connectivity index (χ2n) is 6.07. The molecule has 0 bridgehead atoms. The van der Waals surface area contributed by atoms with E-state index in [-0.39, 0.29) is 12.3 Å². The quantitative estimate of drug-likeness (QED) is 0.847. The number of hydrogen-bond donors (Lipinski definition) is 2. The van der Waals surface area contributed by atoms with E-state index >= 15 is 0 Å². The largest absolute Gasteiger partial charge is 0.421 e. The van der Waals surface area contributed by atoms with E-state index in [0.29, 0.717) is 24.7 Å². The van der Waals surface area contributed by atoms with Gasteiger partial charge in [0.05, 0.1) is 5.60 Å². The van der Waals surface area contributed by atoms with Gasteiger partial charge in [-0.05, 0) is 24.3 Å². The Morgan fingerprint density at radius 3 is 2.91 bits per heavy atom. The number of nitrogens with zero attached hydrogens (tertiary/aromatic N) is 2. The van der Waals surface area contributed by atoms with Crippen LogP contribution in [-0.4, -0.2) is 33.4 Å². The molecule has 0 saturated heterocycles. The van der Waals surface area contributed by atoms with Crippen LogP contribution < -0.4 is 5.32 Å². The van der Waals surface area contributed by atoms with Crippen LogP contribution in [0.5, 0.6) is 0 Å². The highest BCUT2D eigenvalue weighted by Crippen LogP contribution is 2.27. The fourth-order valence-electron chi connectivity index (χ4n) is 2.82. The Labute approximate surface area is 138 Å². The summed E-state index contributed by atoms with van der Waals surface area (Å²) >= 11 is 1.57. The van der Waals surface area contributed by atoms with E-state index in [4.69, 9.17) is 4.42 Å². The van der Waals surface area contributed by atoms with Gasteiger partial charge < -0.3 is 14.8 Å². The number of aromatic nitrogens is 2. The van der Waals surface area contributed by atoms with Crippen molar-refractivity contribution >= 4 is 17.2 Å². The first-order valence-electron chi connectivity index (χ1n) is 7.99. The highest BCUT2D eigenvalue weighted by atomic mass is 32.1. The van der Waals surface area contributed by atoms with Crippen molar-refractivity contribution in [3.05, 3.63) is 22.7 Å². The maximum absolute atomic E-state index is 11.9. The molecule has 0 aliphatic heterocycles. The third-order valence-corrected chi connectivity index (χ3v) is 4.88. The molecule has 2 aromatic heterocycles. The van der Waals surface area contributed by atoms with Crippen LogP contribution >= 0.6 is 11.3 Å². The molecule has 1 aliphatic rings. The predicted octanol–water partition coefficient (Wildman–Crippen LogP) is 2.54. The first-order chi connectivity index (χ1) is 11.1. The topological polar surface area (TPSA) is 88.2 Å². The summed E-state index contributed by atoms with van der Waals surface area (Å²) in [5.41, 5.74) is 0.169. The average molecular weight is 335 g/mol. The molecule has 6 nitrogen and oxygen atoms in total. The van der Waals surface area contributed by atoms with Crippen LogP contribution in [0.4, 0.5) is 0 Å². The first kappa shape index (κ1) is 16.1. The zero-order chi connectivity index (χ0) is 16.1. The Balaban J connectivity index is 1.44. The summed E-state index contributed by atoms with van der Waals surface area (Å²) in [5.74, 6) is 0.843. The Kier molecular flexibility index (Phi) is 5.07. The van der Waals surface area contributed by atoms with Gasteiger partial charge >= 0.3 is 0 Å². The van der Waals surface area contributed by atoms with Crippen molar-refractivity contribution in [1.82, 2.24) is 15.5 Å². The minimum atomic E-state index is -0.732. The maximum atomic E-state index is 11.9. The molecule has 3 rings (SSSR count). The molecule has 0 radical (unpaired) electrons. The van der Waals surface area contributed by atoms with E-state index in [1.807, 2.05) is 16.8 Å². The lowest BCUT2D eigenvalue weighted by Crippen LogP contribution is -2.44. The Morgan fingerprint density at radius 2 is 2.17 bits per heavy atom. The molecular weight excluding hydrogens is 314 g/mol. The summed E-state index contributed by atoms with van der Waals surface area (Å²) in [4.78, 5) is 11.9. The summed E-state index contributed by atoms with van der Waals surface area (Å²) in [6.07, 6.45) is 5.43. The summed E-state index contributed by atoms with van der Waals surface area (Å²) in [6, 6.07) is 1.92. The van der Waals surface area contributed by atoms with E-state index in [1.54, 1.807) is 11.3 Å². The molecule has 1 amide bonds. The number of carbonyl (C=O) groups is 1. The smallest absolute Gasteiger partial charge is 0.248 e. The third kappa shape index (κ3) is 4.39. The molecule has 7 heteroatoms. The van der Waals surface area contributed by atoms with E-state index in [9.17, 15) is 9.90 Å². The standard InChI is InChI=1S/C16H21N3O3S/c20-13(17-11-16(21)7-2-1-3-8-16)4-5-14-18-19-15(22-14)12-6-9-23-10-12/h6,9-10,21H,1-5,7-8,11H2,(H,17,20). The van der Waals surface area contributed by atoms with Gasteiger partial charge in [0, 0.05) is 30.3 Å². The Hall–Kier alpha value is -1.73. The van der Waals surface area contributed by atoms with E-state index in [2.05, 4.69) is 15.5 Å². The van der Waals surface area contributed by atoms with Gasteiger partial charge in [0.2, 0.25) is 17.7 Å². The van der Waals surface area contributed by atoms with Crippen molar-refractivity contribution < 1.29 is 14.3 Å². The minimum absolute atomic E-state index is 0.0979. The molecule has 0 aromatic carbocycles. The minimum Gasteiger partial charge on any atom is -0.421 e. The van der Waals surface area contributed by atoms with Gasteiger partial charge in [-0.15, -0.1) is 10.2 Å². The summed E-state index contributed by atoms with van der Waals surface area (Å²) in [5, 5.41) is 25.0. The van der Waals surface area contributed by atoms with Crippen LogP contribution in [-0.2, 0) is 11.2 Å². The summed E-state index contributed by atoms with van der Waals surface area (Å²) < 4.78 is 5.55. The van der Waals surface area contributed by atoms with E-state index in [0.717, 1.165) is 31.2 Å².